The van der Waals surface area contributed by atoms with Gasteiger partial charge in [0.15, 0.2) is 0 Å². The molecule has 0 aromatic rings. The molecule has 0 saturated heterocycles. The third kappa shape index (κ3) is 5.75. The van der Waals surface area contributed by atoms with Crippen LogP contribution in [0.3, 0.4) is 0 Å². The topological polar surface area (TPSA) is 16.6 Å². The molecule has 2 N–H and O–H groups in total. The summed E-state index contributed by atoms with van der Waals surface area (Å²) in [5, 5.41) is 0.833. The summed E-state index contributed by atoms with van der Waals surface area (Å²) in [6, 6.07) is 0. The van der Waals surface area contributed by atoms with Gasteiger partial charge in [-0.15, -0.1) is 0 Å². The summed E-state index contributed by atoms with van der Waals surface area (Å²) in [5.74, 6) is 0. The number of hydrogen-bond donors (Lipinski definition) is 1. The molecule has 1 nitrogen and oxygen atoms in total. The van der Waals surface area contributed by atoms with Gasteiger partial charge in [-0.3, -0.25) is 0 Å². The minimum Gasteiger partial charge on any atom is -0.471 e. The summed E-state index contributed by atoms with van der Waals surface area (Å²) in [7, 11) is 2.93. The molecule has 0 amide bonds. The molecule has 0 saturated carbocycles. The second-order valence-corrected chi connectivity index (χ2v) is 1.11. The van der Waals surface area contributed by atoms with Crippen molar-refractivity contribution in [2.45, 2.75) is 6.18 Å². The molecule has 0 rings (SSSR count). The van der Waals surface area contributed by atoms with Gasteiger partial charge in [0.05, 0.1) is 0 Å². The lowest BCUT2D eigenvalue weighted by molar-refractivity contribution is -0.621. The molecule has 0 aliphatic rings. The molecule has 0 bridgehead atoms. The minimum atomic E-state index is -4.07. The fraction of sp³-hybridized carbons (Fsp3) is 0.667. The van der Waals surface area contributed by atoms with E-state index in [1.807, 2.05) is 0 Å². The number of rotatable bonds is 1. The Labute approximate surface area is 39.5 Å². The van der Waals surface area contributed by atoms with Crippen molar-refractivity contribution in [3.8, 4) is 0 Å². The molecule has 7 heavy (non-hydrogen) atoms. The lowest BCUT2D eigenvalue weighted by Crippen LogP contribution is -2.80. The van der Waals surface area contributed by atoms with Crippen LogP contribution in [0.25, 0.3) is 0 Å². The second kappa shape index (κ2) is 2.16. The van der Waals surface area contributed by atoms with Crippen LogP contribution in [-0.2, 0) is 0 Å². The van der Waals surface area contributed by atoms with Crippen molar-refractivity contribution in [3.63, 3.8) is 0 Å². The molecule has 0 aliphatic heterocycles. The van der Waals surface area contributed by atoms with Crippen LogP contribution in [0.2, 0.25) is 0 Å². The third-order valence-electron chi connectivity index (χ3n) is 0.376. The molecule has 4 heteroatoms. The first-order valence-corrected chi connectivity index (χ1v) is 1.74. The van der Waals surface area contributed by atoms with Crippen molar-refractivity contribution in [1.82, 2.24) is 0 Å². The lowest BCUT2D eigenvalue weighted by atomic mass is 10.6. The first-order chi connectivity index (χ1) is 3.06. The number of quaternary nitrogens is 1. The SMILES string of the molecule is [CH2-][NH2+]CC(F)(F)F. The maximum atomic E-state index is 11.0. The summed E-state index contributed by atoms with van der Waals surface area (Å²) in [5.41, 5.74) is 0. The lowest BCUT2D eigenvalue weighted by Gasteiger charge is -2.02. The van der Waals surface area contributed by atoms with E-state index in [0.29, 0.717) is 0 Å². The van der Waals surface area contributed by atoms with Crippen LogP contribution in [0, 0.1) is 7.05 Å². The van der Waals surface area contributed by atoms with Crippen LogP contribution in [0.15, 0.2) is 0 Å². The molecule has 44 valence electrons. The third-order valence-corrected chi connectivity index (χ3v) is 0.376. The Bertz CT molecular complexity index is 48.6. The van der Waals surface area contributed by atoms with Crippen LogP contribution in [0.5, 0.6) is 0 Å². The Morgan fingerprint density at radius 2 is 1.86 bits per heavy atom. The monoisotopic (exact) mass is 113 g/mol. The first kappa shape index (κ1) is 6.75. The van der Waals surface area contributed by atoms with E-state index in [1.54, 1.807) is 0 Å². The van der Waals surface area contributed by atoms with Gasteiger partial charge >= 0.3 is 6.18 Å². The average molecular weight is 113 g/mol. The van der Waals surface area contributed by atoms with E-state index in [-0.39, 0.29) is 0 Å². The molecule has 0 atom stereocenters. The van der Waals surface area contributed by atoms with Gasteiger partial charge in [0.1, 0.15) is 6.54 Å². The van der Waals surface area contributed by atoms with Gasteiger partial charge in [0.25, 0.3) is 0 Å². The van der Waals surface area contributed by atoms with Gasteiger partial charge in [0.2, 0.25) is 0 Å². The van der Waals surface area contributed by atoms with E-state index in [4.69, 9.17) is 0 Å². The molecule has 0 heterocycles. The van der Waals surface area contributed by atoms with Crippen molar-refractivity contribution >= 4 is 0 Å². The predicted octanol–water partition coefficient (Wildman–Crippen LogP) is -0.0963. The van der Waals surface area contributed by atoms with E-state index < -0.39 is 12.7 Å². The van der Waals surface area contributed by atoms with E-state index in [9.17, 15) is 13.2 Å². The fourth-order valence-corrected chi connectivity index (χ4v) is 0.164. The number of hydrogen-bond acceptors (Lipinski definition) is 0. The second-order valence-electron chi connectivity index (χ2n) is 1.11. The van der Waals surface area contributed by atoms with Crippen molar-refractivity contribution in [2.24, 2.45) is 0 Å². The molecule has 0 radical (unpaired) electrons. The Hall–Kier alpha value is -0.250. The van der Waals surface area contributed by atoms with Gasteiger partial charge < -0.3 is 5.32 Å². The van der Waals surface area contributed by atoms with Gasteiger partial charge in [-0.1, -0.05) is 0 Å². The molecule has 0 fully saturated rings. The van der Waals surface area contributed by atoms with Crippen LogP contribution < -0.4 is 5.32 Å². The van der Waals surface area contributed by atoms with E-state index in [2.05, 4.69) is 7.05 Å². The summed E-state index contributed by atoms with van der Waals surface area (Å²) in [6.07, 6.45) is -4.07. The highest BCUT2D eigenvalue weighted by Crippen LogP contribution is 2.09. The van der Waals surface area contributed by atoms with Crippen LogP contribution in [0.4, 0.5) is 13.2 Å². The standard InChI is InChI=1S/C3H6F3N/c1-7-2-3(4,5)6/h1-2,7H2. The summed E-state index contributed by atoms with van der Waals surface area (Å²) >= 11 is 0. The van der Waals surface area contributed by atoms with Crippen molar-refractivity contribution in [3.05, 3.63) is 7.05 Å². The molecule has 0 unspecified atom stereocenters. The highest BCUT2D eigenvalue weighted by Gasteiger charge is 2.27. The number of halogens is 3. The Morgan fingerprint density at radius 3 is 1.86 bits per heavy atom. The highest BCUT2D eigenvalue weighted by atomic mass is 19.4. The van der Waals surface area contributed by atoms with Gasteiger partial charge in [-0.05, 0) is 0 Å². The van der Waals surface area contributed by atoms with Gasteiger partial charge in [-0.2, -0.15) is 20.2 Å². The normalized spacial score (nSPS) is 12.0. The van der Waals surface area contributed by atoms with Crippen molar-refractivity contribution < 1.29 is 18.5 Å². The van der Waals surface area contributed by atoms with Crippen LogP contribution in [-0.4, -0.2) is 12.7 Å². The Morgan fingerprint density at radius 1 is 1.43 bits per heavy atom. The molecular weight excluding hydrogens is 107 g/mol. The molecule has 0 aromatic heterocycles. The van der Waals surface area contributed by atoms with Crippen molar-refractivity contribution in [2.75, 3.05) is 6.54 Å². The zero-order valence-corrected chi connectivity index (χ0v) is 3.63. The summed E-state index contributed by atoms with van der Waals surface area (Å²) in [4.78, 5) is 0. The highest BCUT2D eigenvalue weighted by molar-refractivity contribution is 4.39. The Kier molecular flexibility index (Phi) is 2.08. The molecule has 0 aliphatic carbocycles. The molecule has 0 aromatic carbocycles. The molecule has 0 spiro atoms. The number of alkyl halides is 3. The predicted molar refractivity (Wildman–Crippen MR) is 18.2 cm³/mol. The average Bonchev–Trinajstić information content (AvgIpc) is 1.30. The van der Waals surface area contributed by atoms with Crippen LogP contribution in [0.1, 0.15) is 0 Å². The summed E-state index contributed by atoms with van der Waals surface area (Å²) < 4.78 is 33.0. The first-order valence-electron chi connectivity index (χ1n) is 1.74. The zero-order chi connectivity index (χ0) is 5.91. The van der Waals surface area contributed by atoms with E-state index >= 15 is 0 Å². The van der Waals surface area contributed by atoms with Crippen LogP contribution >= 0.6 is 0 Å². The van der Waals surface area contributed by atoms with Gasteiger partial charge in [0, 0.05) is 0 Å². The van der Waals surface area contributed by atoms with Gasteiger partial charge in [-0.25, -0.2) is 0 Å². The van der Waals surface area contributed by atoms with E-state index in [1.165, 1.54) is 0 Å². The largest absolute Gasteiger partial charge is 0.471 e. The molecular formula is C3H6F3N. The van der Waals surface area contributed by atoms with Crippen molar-refractivity contribution in [1.29, 1.82) is 0 Å². The number of nitrogens with two attached hydrogens (primary N) is 1. The van der Waals surface area contributed by atoms with E-state index in [0.717, 1.165) is 5.32 Å². The quantitative estimate of drug-likeness (QED) is 0.457. The zero-order valence-electron chi connectivity index (χ0n) is 3.63. The minimum absolute atomic E-state index is 0.833. The maximum Gasteiger partial charge on any atom is 0.435 e. The summed E-state index contributed by atoms with van der Waals surface area (Å²) in [6.45, 7) is -0.896. The smallest absolute Gasteiger partial charge is 0.435 e. The maximum absolute atomic E-state index is 11.0. The Balaban J connectivity index is 3.15. The fourth-order valence-electron chi connectivity index (χ4n) is 0.164.